The summed E-state index contributed by atoms with van der Waals surface area (Å²) in [5, 5.41) is 9.11. The maximum Gasteiger partial charge on any atom is 0.312 e. The lowest BCUT2D eigenvalue weighted by molar-refractivity contribution is -0.161. The first kappa shape index (κ1) is 29.4. The van der Waals surface area contributed by atoms with Gasteiger partial charge in [-0.2, -0.15) is 0 Å². The van der Waals surface area contributed by atoms with Crippen molar-refractivity contribution in [1.82, 2.24) is 9.80 Å². The van der Waals surface area contributed by atoms with Crippen molar-refractivity contribution in [2.24, 2.45) is 11.8 Å². The van der Waals surface area contributed by atoms with E-state index in [0.29, 0.717) is 45.2 Å². The van der Waals surface area contributed by atoms with Gasteiger partial charge in [-0.05, 0) is 66.2 Å². The summed E-state index contributed by atoms with van der Waals surface area (Å²) >= 11 is 0. The molecule has 1 N–H and O–H groups in total. The number of allylic oxidation sites excluding steroid dienone is 1. The lowest BCUT2D eigenvalue weighted by atomic mass is 9.66. The minimum atomic E-state index is -1.05. The van der Waals surface area contributed by atoms with E-state index in [2.05, 4.69) is 13.2 Å². The highest BCUT2D eigenvalue weighted by molar-refractivity contribution is 5.98. The molecular weight excluding hydrogens is 472 g/mol. The second-order valence-electron chi connectivity index (χ2n) is 11.9. The number of nitrogens with zero attached hydrogens (tertiary/aromatic N) is 2. The SMILES string of the molecule is C=CCCCOC(=O)[C@H]1[C@H]2C(=O)N(CCCCCCO)C(C(=O)N(CC=C)C(C)(C)C)C23CC[C@]1(C)O3. The number of likely N-dealkylation sites (tertiary alicyclic amines) is 1. The number of rotatable bonds is 14. The largest absolute Gasteiger partial charge is 0.465 e. The highest BCUT2D eigenvalue weighted by Crippen LogP contribution is 2.63. The fourth-order valence-electron chi connectivity index (χ4n) is 6.51. The van der Waals surface area contributed by atoms with Crippen LogP contribution in [0.3, 0.4) is 0 Å². The third-order valence-corrected chi connectivity index (χ3v) is 8.26. The Bertz CT molecular complexity index is 882. The molecule has 2 bridgehead atoms. The lowest BCUT2D eigenvalue weighted by Crippen LogP contribution is -2.60. The molecule has 0 saturated carbocycles. The molecule has 2 unspecified atom stereocenters. The van der Waals surface area contributed by atoms with Gasteiger partial charge in [0.25, 0.3) is 0 Å². The Balaban J connectivity index is 1.96. The minimum absolute atomic E-state index is 0.139. The Morgan fingerprint density at radius 3 is 2.49 bits per heavy atom. The molecule has 1 spiro atoms. The summed E-state index contributed by atoms with van der Waals surface area (Å²) in [5.41, 5.74) is -2.38. The second-order valence-corrected chi connectivity index (χ2v) is 11.9. The number of carbonyl (C=O) groups excluding carboxylic acids is 3. The average molecular weight is 519 g/mol. The molecule has 8 nitrogen and oxygen atoms in total. The monoisotopic (exact) mass is 518 g/mol. The zero-order chi connectivity index (χ0) is 27.4. The van der Waals surface area contributed by atoms with Crippen molar-refractivity contribution in [3.8, 4) is 0 Å². The van der Waals surface area contributed by atoms with Crippen molar-refractivity contribution in [3.05, 3.63) is 25.3 Å². The van der Waals surface area contributed by atoms with Gasteiger partial charge in [0, 0.05) is 25.2 Å². The van der Waals surface area contributed by atoms with Crippen LogP contribution in [0.4, 0.5) is 0 Å². The van der Waals surface area contributed by atoms with Crippen LogP contribution in [-0.2, 0) is 23.9 Å². The van der Waals surface area contributed by atoms with Crippen molar-refractivity contribution >= 4 is 17.8 Å². The quantitative estimate of drug-likeness (QED) is 0.214. The number of esters is 1. The van der Waals surface area contributed by atoms with Crippen LogP contribution >= 0.6 is 0 Å². The standard InChI is InChI=1S/C29H46N2O6/c1-7-9-14-20-36-26(35)22-21-24(33)30(18-12-10-11-13-19-32)23(29(21)16-15-28(22,6)37-29)25(34)31(17-8-2)27(3,4)5/h7-8,21-23,32H,1-2,9-20H2,3-6H3/t21-,22+,23?,28-,29?/m0/s1. The van der Waals surface area contributed by atoms with E-state index >= 15 is 0 Å². The molecule has 2 amide bonds. The first-order valence-electron chi connectivity index (χ1n) is 13.8. The third-order valence-electron chi connectivity index (χ3n) is 8.26. The molecule has 208 valence electrons. The molecule has 0 aliphatic carbocycles. The van der Waals surface area contributed by atoms with Gasteiger partial charge in [0.2, 0.25) is 11.8 Å². The van der Waals surface area contributed by atoms with Crippen LogP contribution in [0.5, 0.6) is 0 Å². The average Bonchev–Trinajstić information content (AvgIpc) is 3.40. The van der Waals surface area contributed by atoms with Crippen LogP contribution in [0.15, 0.2) is 25.3 Å². The number of ether oxygens (including phenoxy) is 2. The van der Waals surface area contributed by atoms with Crippen LogP contribution in [0.25, 0.3) is 0 Å². The van der Waals surface area contributed by atoms with E-state index in [9.17, 15) is 14.4 Å². The van der Waals surface area contributed by atoms with Gasteiger partial charge in [0.05, 0.1) is 18.1 Å². The molecule has 3 aliphatic heterocycles. The van der Waals surface area contributed by atoms with Crippen LogP contribution in [0, 0.1) is 11.8 Å². The predicted molar refractivity (Wildman–Crippen MR) is 142 cm³/mol. The number of aliphatic hydroxyl groups excluding tert-OH is 1. The Hall–Kier alpha value is -2.19. The molecule has 3 aliphatic rings. The van der Waals surface area contributed by atoms with Crippen molar-refractivity contribution < 1.29 is 29.0 Å². The van der Waals surface area contributed by atoms with E-state index in [1.165, 1.54) is 0 Å². The summed E-state index contributed by atoms with van der Waals surface area (Å²) in [4.78, 5) is 45.1. The van der Waals surface area contributed by atoms with Crippen LogP contribution in [-0.4, -0.2) is 81.8 Å². The topological polar surface area (TPSA) is 96.4 Å². The molecule has 0 aromatic carbocycles. The highest BCUT2D eigenvalue weighted by atomic mass is 16.6. The van der Waals surface area contributed by atoms with Crippen LogP contribution in [0.2, 0.25) is 0 Å². The Morgan fingerprint density at radius 2 is 1.86 bits per heavy atom. The van der Waals surface area contributed by atoms with E-state index < -0.39 is 40.6 Å². The zero-order valence-corrected chi connectivity index (χ0v) is 23.2. The molecule has 0 radical (unpaired) electrons. The Labute approximate surface area is 222 Å². The highest BCUT2D eigenvalue weighted by Gasteiger charge is 2.78. The van der Waals surface area contributed by atoms with Gasteiger partial charge >= 0.3 is 5.97 Å². The van der Waals surface area contributed by atoms with Crippen molar-refractivity contribution in [2.75, 3.05) is 26.3 Å². The fourth-order valence-corrected chi connectivity index (χ4v) is 6.51. The number of unbranched alkanes of at least 4 members (excludes halogenated alkanes) is 4. The van der Waals surface area contributed by atoms with E-state index in [0.717, 1.165) is 19.3 Å². The first-order chi connectivity index (χ1) is 17.5. The molecule has 3 saturated heterocycles. The van der Waals surface area contributed by atoms with Gasteiger partial charge in [-0.3, -0.25) is 14.4 Å². The molecule has 0 aromatic heterocycles. The summed E-state index contributed by atoms with van der Waals surface area (Å²) in [5.74, 6) is -2.25. The normalized spacial score (nSPS) is 30.4. The van der Waals surface area contributed by atoms with Crippen molar-refractivity contribution in [2.45, 2.75) is 102 Å². The van der Waals surface area contributed by atoms with E-state index in [1.807, 2.05) is 27.7 Å². The first-order valence-corrected chi connectivity index (χ1v) is 13.8. The molecule has 3 rings (SSSR count). The Kier molecular flexibility index (Phi) is 9.27. The summed E-state index contributed by atoms with van der Waals surface area (Å²) < 4.78 is 12.3. The molecule has 3 fully saturated rings. The molecule has 0 aromatic rings. The van der Waals surface area contributed by atoms with Gasteiger partial charge in [0.15, 0.2) is 0 Å². The number of amides is 2. The van der Waals surface area contributed by atoms with Crippen LogP contribution in [0.1, 0.15) is 79.1 Å². The number of aliphatic hydroxyl groups is 1. The summed E-state index contributed by atoms with van der Waals surface area (Å²) in [6, 6.07) is -0.803. The van der Waals surface area contributed by atoms with Crippen molar-refractivity contribution in [3.63, 3.8) is 0 Å². The third kappa shape index (κ3) is 5.51. The van der Waals surface area contributed by atoms with Gasteiger partial charge in [-0.15, -0.1) is 13.2 Å². The van der Waals surface area contributed by atoms with Gasteiger partial charge < -0.3 is 24.4 Å². The van der Waals surface area contributed by atoms with E-state index in [4.69, 9.17) is 14.6 Å². The van der Waals surface area contributed by atoms with E-state index in [-0.39, 0.29) is 25.0 Å². The summed E-state index contributed by atoms with van der Waals surface area (Å²) in [6.07, 6.45) is 9.14. The van der Waals surface area contributed by atoms with Crippen molar-refractivity contribution in [1.29, 1.82) is 0 Å². The zero-order valence-electron chi connectivity index (χ0n) is 23.2. The fraction of sp³-hybridized carbons (Fsp3) is 0.759. The maximum absolute atomic E-state index is 14.3. The number of hydrogen-bond donors (Lipinski definition) is 1. The molecule has 5 atom stereocenters. The molecule has 37 heavy (non-hydrogen) atoms. The van der Waals surface area contributed by atoms with Gasteiger partial charge in [-0.1, -0.05) is 25.0 Å². The van der Waals surface area contributed by atoms with Gasteiger partial charge in [-0.25, -0.2) is 0 Å². The Morgan fingerprint density at radius 1 is 1.16 bits per heavy atom. The van der Waals surface area contributed by atoms with E-state index in [1.54, 1.807) is 22.0 Å². The predicted octanol–water partition coefficient (Wildman–Crippen LogP) is 3.63. The lowest BCUT2D eigenvalue weighted by Gasteiger charge is -2.42. The summed E-state index contributed by atoms with van der Waals surface area (Å²) in [6.45, 7) is 16.5. The smallest absolute Gasteiger partial charge is 0.312 e. The molecule has 3 heterocycles. The number of hydrogen-bond acceptors (Lipinski definition) is 6. The van der Waals surface area contributed by atoms with Crippen LogP contribution < -0.4 is 0 Å². The summed E-state index contributed by atoms with van der Waals surface area (Å²) in [7, 11) is 0. The minimum Gasteiger partial charge on any atom is -0.465 e. The maximum atomic E-state index is 14.3. The second kappa shape index (κ2) is 11.7. The van der Waals surface area contributed by atoms with Gasteiger partial charge in [0.1, 0.15) is 17.6 Å². The number of carbonyl (C=O) groups is 3. The number of fused-ring (bicyclic) bond motifs is 1. The molecular formula is C29H46N2O6. The molecule has 8 heteroatoms.